The summed E-state index contributed by atoms with van der Waals surface area (Å²) >= 11 is 0. The Morgan fingerprint density at radius 3 is 2.14 bits per heavy atom. The lowest BCUT2D eigenvalue weighted by molar-refractivity contribution is -0.155. The largest absolute Gasteiger partial charge is 0.479 e. The highest BCUT2D eigenvalue weighted by molar-refractivity contribution is 5.86. The maximum Gasteiger partial charge on any atom is 0.347 e. The second-order valence-corrected chi connectivity index (χ2v) is 6.01. The summed E-state index contributed by atoms with van der Waals surface area (Å²) in [6, 6.07) is 17.1. The maximum atomic E-state index is 12.1. The van der Waals surface area contributed by atoms with Gasteiger partial charge < -0.3 is 19.5 Å². The molecule has 0 saturated heterocycles. The highest BCUT2D eigenvalue weighted by Gasteiger charge is 2.23. The summed E-state index contributed by atoms with van der Waals surface area (Å²) in [6.45, 7) is 1.00. The van der Waals surface area contributed by atoms with E-state index >= 15 is 0 Å². The predicted octanol–water partition coefficient (Wildman–Crippen LogP) is 1.90. The number of rotatable bonds is 9. The van der Waals surface area contributed by atoms with Crippen molar-refractivity contribution in [3.05, 3.63) is 66.2 Å². The molecule has 0 saturated carbocycles. The molecule has 0 spiro atoms. The molecule has 7 nitrogen and oxygen atoms in total. The molecule has 1 amide bonds. The maximum absolute atomic E-state index is 12.1. The van der Waals surface area contributed by atoms with E-state index < -0.39 is 36.6 Å². The molecule has 7 heteroatoms. The Hall–Kier alpha value is -3.35. The number of nitrogens with one attached hydrogen (secondary N) is 1. The van der Waals surface area contributed by atoms with Gasteiger partial charge >= 0.3 is 11.9 Å². The zero-order valence-electron chi connectivity index (χ0n) is 15.8. The van der Waals surface area contributed by atoms with Crippen LogP contribution in [0.1, 0.15) is 12.5 Å². The minimum atomic E-state index is -0.879. The van der Waals surface area contributed by atoms with Gasteiger partial charge in [0.1, 0.15) is 11.8 Å². The van der Waals surface area contributed by atoms with Gasteiger partial charge in [0.25, 0.3) is 5.91 Å². The highest BCUT2D eigenvalue weighted by Crippen LogP contribution is 2.11. The molecule has 0 heterocycles. The SMILES string of the molecule is COC(=O)C(Cc1ccccc1)NC(=O)COC(=O)C(C)Oc1ccccc1. The summed E-state index contributed by atoms with van der Waals surface area (Å²) in [7, 11) is 1.25. The van der Waals surface area contributed by atoms with Gasteiger partial charge in [-0.05, 0) is 24.6 Å². The van der Waals surface area contributed by atoms with E-state index in [1.807, 2.05) is 36.4 Å². The highest BCUT2D eigenvalue weighted by atomic mass is 16.6. The van der Waals surface area contributed by atoms with Crippen molar-refractivity contribution in [2.45, 2.75) is 25.5 Å². The summed E-state index contributed by atoms with van der Waals surface area (Å²) < 4.78 is 15.2. The van der Waals surface area contributed by atoms with Gasteiger partial charge in [0, 0.05) is 6.42 Å². The van der Waals surface area contributed by atoms with E-state index in [9.17, 15) is 14.4 Å². The molecule has 0 bridgehead atoms. The molecule has 2 aromatic carbocycles. The Labute approximate surface area is 163 Å². The molecule has 0 aliphatic heterocycles. The van der Waals surface area contributed by atoms with Crippen molar-refractivity contribution in [2.75, 3.05) is 13.7 Å². The molecular formula is C21H23NO6. The van der Waals surface area contributed by atoms with E-state index in [2.05, 4.69) is 5.32 Å². The number of hydrogen-bond donors (Lipinski definition) is 1. The topological polar surface area (TPSA) is 90.9 Å². The van der Waals surface area contributed by atoms with E-state index in [4.69, 9.17) is 14.2 Å². The van der Waals surface area contributed by atoms with Crippen LogP contribution in [0.15, 0.2) is 60.7 Å². The quantitative estimate of drug-likeness (QED) is 0.663. The standard InChI is InChI=1S/C21H23NO6/c1-15(28-17-11-7-4-8-12-17)20(24)27-14-19(23)22-18(21(25)26-2)13-16-9-5-3-6-10-16/h3-12,15,18H,13-14H2,1-2H3,(H,22,23). The average Bonchev–Trinajstić information content (AvgIpc) is 2.72. The van der Waals surface area contributed by atoms with Crippen molar-refractivity contribution in [3.63, 3.8) is 0 Å². The van der Waals surface area contributed by atoms with Crippen molar-refractivity contribution < 1.29 is 28.6 Å². The van der Waals surface area contributed by atoms with Crippen LogP contribution in [-0.2, 0) is 30.3 Å². The fourth-order valence-electron chi connectivity index (χ4n) is 2.43. The zero-order valence-corrected chi connectivity index (χ0v) is 15.8. The van der Waals surface area contributed by atoms with Crippen LogP contribution in [0.25, 0.3) is 0 Å². The van der Waals surface area contributed by atoms with Crippen LogP contribution >= 0.6 is 0 Å². The van der Waals surface area contributed by atoms with Gasteiger partial charge in [-0.2, -0.15) is 0 Å². The van der Waals surface area contributed by atoms with Gasteiger partial charge in [0.2, 0.25) is 0 Å². The van der Waals surface area contributed by atoms with Gasteiger partial charge in [-0.3, -0.25) is 4.79 Å². The van der Waals surface area contributed by atoms with E-state index in [0.717, 1.165) is 5.56 Å². The molecule has 0 fully saturated rings. The Morgan fingerprint density at radius 1 is 0.929 bits per heavy atom. The van der Waals surface area contributed by atoms with Crippen LogP contribution in [0.5, 0.6) is 5.75 Å². The number of methoxy groups -OCH3 is 1. The average molecular weight is 385 g/mol. The van der Waals surface area contributed by atoms with Crippen molar-refractivity contribution in [1.29, 1.82) is 0 Å². The van der Waals surface area contributed by atoms with Crippen LogP contribution in [0.4, 0.5) is 0 Å². The van der Waals surface area contributed by atoms with Crippen molar-refractivity contribution in [1.82, 2.24) is 5.32 Å². The Morgan fingerprint density at radius 2 is 1.54 bits per heavy atom. The summed E-state index contributed by atoms with van der Waals surface area (Å²) in [5.74, 6) is -1.35. The fourth-order valence-corrected chi connectivity index (χ4v) is 2.43. The third kappa shape index (κ3) is 6.75. The van der Waals surface area contributed by atoms with Gasteiger partial charge in [-0.25, -0.2) is 9.59 Å². The first kappa shape index (κ1) is 21.0. The summed E-state index contributed by atoms with van der Waals surface area (Å²) in [6.07, 6.45) is -0.614. The second-order valence-electron chi connectivity index (χ2n) is 6.01. The number of hydrogen-bond acceptors (Lipinski definition) is 6. The predicted molar refractivity (Wildman–Crippen MR) is 102 cm³/mol. The first-order chi connectivity index (χ1) is 13.5. The van der Waals surface area contributed by atoms with Gasteiger partial charge in [-0.1, -0.05) is 48.5 Å². The minimum absolute atomic E-state index is 0.265. The lowest BCUT2D eigenvalue weighted by Gasteiger charge is -2.17. The summed E-state index contributed by atoms with van der Waals surface area (Å²) in [4.78, 5) is 36.0. The van der Waals surface area contributed by atoms with E-state index in [1.54, 1.807) is 24.3 Å². The zero-order chi connectivity index (χ0) is 20.4. The first-order valence-electron chi connectivity index (χ1n) is 8.79. The molecule has 148 valence electrons. The number of carbonyl (C=O) groups is 3. The van der Waals surface area contributed by atoms with E-state index in [0.29, 0.717) is 5.75 Å². The van der Waals surface area contributed by atoms with Crippen LogP contribution in [-0.4, -0.2) is 43.7 Å². The number of para-hydroxylation sites is 1. The first-order valence-corrected chi connectivity index (χ1v) is 8.79. The van der Waals surface area contributed by atoms with Gasteiger partial charge in [-0.15, -0.1) is 0 Å². The van der Waals surface area contributed by atoms with Crippen LogP contribution in [0.2, 0.25) is 0 Å². The Kier molecular flexibility index (Phi) is 8.02. The molecule has 0 radical (unpaired) electrons. The molecule has 2 atom stereocenters. The lowest BCUT2D eigenvalue weighted by Crippen LogP contribution is -2.45. The number of esters is 2. The van der Waals surface area contributed by atoms with Crippen LogP contribution in [0, 0.1) is 0 Å². The number of benzene rings is 2. The van der Waals surface area contributed by atoms with E-state index in [1.165, 1.54) is 14.0 Å². The fraction of sp³-hybridized carbons (Fsp3) is 0.286. The van der Waals surface area contributed by atoms with Crippen LogP contribution < -0.4 is 10.1 Å². The molecule has 0 aliphatic carbocycles. The molecule has 28 heavy (non-hydrogen) atoms. The molecule has 0 aliphatic rings. The number of ether oxygens (including phenoxy) is 3. The molecule has 0 aromatic heterocycles. The number of amides is 1. The van der Waals surface area contributed by atoms with Crippen molar-refractivity contribution >= 4 is 17.8 Å². The smallest absolute Gasteiger partial charge is 0.347 e. The van der Waals surface area contributed by atoms with Crippen LogP contribution in [0.3, 0.4) is 0 Å². The van der Waals surface area contributed by atoms with Crippen molar-refractivity contribution in [3.8, 4) is 5.75 Å². The third-order valence-corrected chi connectivity index (χ3v) is 3.84. The molecular weight excluding hydrogens is 362 g/mol. The Bertz CT molecular complexity index is 778. The van der Waals surface area contributed by atoms with Gasteiger partial charge in [0.15, 0.2) is 12.7 Å². The summed E-state index contributed by atoms with van der Waals surface area (Å²) in [5, 5.41) is 2.53. The van der Waals surface area contributed by atoms with Gasteiger partial charge in [0.05, 0.1) is 7.11 Å². The van der Waals surface area contributed by atoms with E-state index in [-0.39, 0.29) is 6.42 Å². The second kappa shape index (κ2) is 10.7. The lowest BCUT2D eigenvalue weighted by atomic mass is 10.1. The number of carbonyl (C=O) groups excluding carboxylic acids is 3. The molecule has 2 unspecified atom stereocenters. The van der Waals surface area contributed by atoms with Crippen molar-refractivity contribution in [2.24, 2.45) is 0 Å². The molecule has 2 aromatic rings. The third-order valence-electron chi connectivity index (χ3n) is 3.84. The summed E-state index contributed by atoms with van der Waals surface area (Å²) in [5.41, 5.74) is 0.861. The minimum Gasteiger partial charge on any atom is -0.479 e. The molecule has 2 rings (SSSR count). The normalized spacial score (nSPS) is 12.4. The monoisotopic (exact) mass is 385 g/mol. The molecule has 1 N–H and O–H groups in total. The Balaban J connectivity index is 1.84.